The minimum atomic E-state index is -1.51. The van der Waals surface area contributed by atoms with Gasteiger partial charge in [-0.3, -0.25) is 4.79 Å². The molecule has 0 radical (unpaired) electrons. The highest BCUT2D eigenvalue weighted by Crippen LogP contribution is 2.08. The van der Waals surface area contributed by atoms with Crippen LogP contribution in [0.25, 0.3) is 5.69 Å². The van der Waals surface area contributed by atoms with Crippen LogP contribution in [-0.2, 0) is 0 Å². The van der Waals surface area contributed by atoms with Crippen LogP contribution in [0.5, 0.6) is 0 Å². The summed E-state index contributed by atoms with van der Waals surface area (Å²) in [6.07, 6.45) is 2.76. The minimum absolute atomic E-state index is 0.172. The molecular formula is C10H7FN2O. The van der Waals surface area contributed by atoms with Crippen molar-refractivity contribution in [1.82, 2.24) is 9.55 Å². The fourth-order valence-corrected chi connectivity index (χ4v) is 1.17. The first-order chi connectivity index (χ1) is 6.77. The van der Waals surface area contributed by atoms with Gasteiger partial charge in [0.05, 0.1) is 0 Å². The van der Waals surface area contributed by atoms with E-state index in [1.165, 1.54) is 12.5 Å². The van der Waals surface area contributed by atoms with E-state index in [1.807, 2.05) is 30.3 Å². The summed E-state index contributed by atoms with van der Waals surface area (Å²) in [5.41, 5.74) is 0.668. The molecule has 0 saturated carbocycles. The van der Waals surface area contributed by atoms with Crippen LogP contribution in [0.15, 0.2) is 42.9 Å². The topological polar surface area (TPSA) is 34.9 Å². The highest BCUT2D eigenvalue weighted by Gasteiger charge is 2.07. The quantitative estimate of drug-likeness (QED) is 0.678. The van der Waals surface area contributed by atoms with Crippen molar-refractivity contribution in [2.45, 2.75) is 0 Å². The Morgan fingerprint density at radius 3 is 2.57 bits per heavy atom. The molecule has 0 N–H and O–H groups in total. The number of para-hydroxylation sites is 1. The molecule has 4 heteroatoms. The van der Waals surface area contributed by atoms with Crippen molar-refractivity contribution in [3.05, 3.63) is 48.5 Å². The lowest BCUT2D eigenvalue weighted by Crippen LogP contribution is -1.90. The second-order valence-corrected chi connectivity index (χ2v) is 2.78. The first-order valence-electron chi connectivity index (χ1n) is 4.06. The molecule has 0 bridgehead atoms. The second-order valence-electron chi connectivity index (χ2n) is 2.78. The van der Waals surface area contributed by atoms with E-state index in [1.54, 1.807) is 4.57 Å². The maximum Gasteiger partial charge on any atom is 0.351 e. The standard InChI is InChI=1S/C10H7FN2O/c11-10(14)9-6-13(7-12-9)8-4-2-1-3-5-8/h1-7H. The largest absolute Gasteiger partial charge is 0.351 e. The van der Waals surface area contributed by atoms with Crippen molar-refractivity contribution in [2.24, 2.45) is 0 Å². The number of nitrogens with zero attached hydrogens (tertiary/aromatic N) is 2. The fraction of sp³-hybridized carbons (Fsp3) is 0. The molecule has 1 heterocycles. The first-order valence-corrected chi connectivity index (χ1v) is 4.06. The van der Waals surface area contributed by atoms with Gasteiger partial charge in [0.15, 0.2) is 5.69 Å². The minimum Gasteiger partial charge on any atom is -0.305 e. The highest BCUT2D eigenvalue weighted by atomic mass is 19.1. The number of hydrogen-bond acceptors (Lipinski definition) is 2. The van der Waals surface area contributed by atoms with Gasteiger partial charge >= 0.3 is 6.04 Å². The molecule has 3 nitrogen and oxygen atoms in total. The van der Waals surface area contributed by atoms with E-state index in [9.17, 15) is 9.18 Å². The molecule has 0 unspecified atom stereocenters. The van der Waals surface area contributed by atoms with Crippen LogP contribution in [-0.4, -0.2) is 15.6 Å². The van der Waals surface area contributed by atoms with E-state index in [2.05, 4.69) is 4.98 Å². The molecule has 0 aliphatic carbocycles. The molecule has 70 valence electrons. The Labute approximate surface area is 79.8 Å². The third-order valence-electron chi connectivity index (χ3n) is 1.84. The van der Waals surface area contributed by atoms with Crippen molar-refractivity contribution < 1.29 is 9.18 Å². The maximum atomic E-state index is 12.2. The van der Waals surface area contributed by atoms with Crippen molar-refractivity contribution in [3.63, 3.8) is 0 Å². The zero-order chi connectivity index (χ0) is 9.97. The normalized spacial score (nSPS) is 10.1. The van der Waals surface area contributed by atoms with E-state index >= 15 is 0 Å². The predicted molar refractivity (Wildman–Crippen MR) is 49.0 cm³/mol. The molecule has 0 atom stereocenters. The summed E-state index contributed by atoms with van der Waals surface area (Å²) < 4.78 is 13.8. The lowest BCUT2D eigenvalue weighted by Gasteiger charge is -1.98. The molecule has 0 aliphatic heterocycles. The van der Waals surface area contributed by atoms with Gasteiger partial charge in [0.25, 0.3) is 0 Å². The van der Waals surface area contributed by atoms with E-state index in [4.69, 9.17) is 0 Å². The number of hydrogen-bond donors (Lipinski definition) is 0. The monoisotopic (exact) mass is 190 g/mol. The van der Waals surface area contributed by atoms with Gasteiger partial charge in [0.1, 0.15) is 6.33 Å². The lowest BCUT2D eigenvalue weighted by molar-refractivity contribution is 0.0830. The van der Waals surface area contributed by atoms with Crippen molar-refractivity contribution in [3.8, 4) is 5.69 Å². The molecule has 2 aromatic rings. The smallest absolute Gasteiger partial charge is 0.305 e. The molecule has 0 aliphatic rings. The summed E-state index contributed by atoms with van der Waals surface area (Å²) in [6, 6.07) is 7.75. The molecular weight excluding hydrogens is 183 g/mol. The Hall–Kier alpha value is -1.97. The number of halogens is 1. The molecule has 14 heavy (non-hydrogen) atoms. The summed E-state index contributed by atoms with van der Waals surface area (Å²) in [6.45, 7) is 0. The maximum absolute atomic E-state index is 12.2. The average Bonchev–Trinajstić information content (AvgIpc) is 2.68. The molecule has 0 amide bonds. The zero-order valence-corrected chi connectivity index (χ0v) is 7.22. The van der Waals surface area contributed by atoms with Crippen LogP contribution < -0.4 is 0 Å². The summed E-state index contributed by atoms with van der Waals surface area (Å²) >= 11 is 0. The van der Waals surface area contributed by atoms with Crippen LogP contribution in [0.4, 0.5) is 4.39 Å². The van der Waals surface area contributed by atoms with Crippen molar-refractivity contribution >= 4 is 6.04 Å². The number of benzene rings is 1. The molecule has 0 spiro atoms. The van der Waals surface area contributed by atoms with E-state index < -0.39 is 6.04 Å². The molecule has 1 aromatic heterocycles. The predicted octanol–water partition coefficient (Wildman–Crippen LogP) is 1.98. The van der Waals surface area contributed by atoms with Gasteiger partial charge in [-0.25, -0.2) is 4.98 Å². The van der Waals surface area contributed by atoms with Gasteiger partial charge in [-0.1, -0.05) is 18.2 Å². The summed E-state index contributed by atoms with van der Waals surface area (Å²) in [5.74, 6) is 0. The van der Waals surface area contributed by atoms with E-state index in [0.29, 0.717) is 0 Å². The van der Waals surface area contributed by atoms with Crippen LogP contribution in [0.1, 0.15) is 10.5 Å². The van der Waals surface area contributed by atoms with Gasteiger partial charge in [0.2, 0.25) is 0 Å². The Bertz CT molecular complexity index is 450. The second kappa shape index (κ2) is 3.41. The zero-order valence-electron chi connectivity index (χ0n) is 7.22. The average molecular weight is 190 g/mol. The third-order valence-corrected chi connectivity index (χ3v) is 1.84. The number of aromatic nitrogens is 2. The summed E-state index contributed by atoms with van der Waals surface area (Å²) in [4.78, 5) is 14.0. The number of carbonyl (C=O) groups excluding carboxylic acids is 1. The van der Waals surface area contributed by atoms with Gasteiger partial charge in [-0.05, 0) is 12.1 Å². The van der Waals surface area contributed by atoms with E-state index in [-0.39, 0.29) is 5.69 Å². The highest BCUT2D eigenvalue weighted by molar-refractivity contribution is 5.85. The van der Waals surface area contributed by atoms with Crippen molar-refractivity contribution in [2.75, 3.05) is 0 Å². The molecule has 0 saturated heterocycles. The molecule has 0 fully saturated rings. The number of imidazole rings is 1. The van der Waals surface area contributed by atoms with Crippen molar-refractivity contribution in [1.29, 1.82) is 0 Å². The Morgan fingerprint density at radius 2 is 2.00 bits per heavy atom. The van der Waals surface area contributed by atoms with Crippen LogP contribution in [0, 0.1) is 0 Å². The number of carbonyl (C=O) groups is 1. The lowest BCUT2D eigenvalue weighted by atomic mass is 10.3. The van der Waals surface area contributed by atoms with Gasteiger partial charge in [0, 0.05) is 11.9 Å². The number of rotatable bonds is 2. The SMILES string of the molecule is O=C(F)c1cn(-c2ccccc2)cn1. The van der Waals surface area contributed by atoms with Crippen LogP contribution in [0.3, 0.4) is 0 Å². The Morgan fingerprint density at radius 1 is 1.29 bits per heavy atom. The van der Waals surface area contributed by atoms with Gasteiger partial charge in [-0.15, -0.1) is 0 Å². The third kappa shape index (κ3) is 1.54. The van der Waals surface area contributed by atoms with Gasteiger partial charge in [-0.2, -0.15) is 4.39 Å². The Balaban J connectivity index is 2.39. The Kier molecular flexibility index (Phi) is 2.10. The molecule has 2 rings (SSSR count). The first kappa shape index (κ1) is 8.62. The summed E-state index contributed by atoms with van der Waals surface area (Å²) in [7, 11) is 0. The van der Waals surface area contributed by atoms with Gasteiger partial charge < -0.3 is 4.57 Å². The van der Waals surface area contributed by atoms with Crippen LogP contribution >= 0.6 is 0 Å². The summed E-state index contributed by atoms with van der Waals surface area (Å²) in [5, 5.41) is 0. The van der Waals surface area contributed by atoms with Crippen LogP contribution in [0.2, 0.25) is 0 Å². The molecule has 1 aromatic carbocycles. The van der Waals surface area contributed by atoms with E-state index in [0.717, 1.165) is 5.69 Å². The fourth-order valence-electron chi connectivity index (χ4n) is 1.17.